The molecule has 0 saturated heterocycles. The lowest BCUT2D eigenvalue weighted by Crippen LogP contribution is -2.19. The predicted molar refractivity (Wildman–Crippen MR) is 94.8 cm³/mol. The number of rotatable bonds is 3. The van der Waals surface area contributed by atoms with Gasteiger partial charge in [0.15, 0.2) is 0 Å². The van der Waals surface area contributed by atoms with E-state index in [1.807, 2.05) is 19.1 Å². The third kappa shape index (κ3) is 4.60. The summed E-state index contributed by atoms with van der Waals surface area (Å²) in [5.41, 5.74) is 2.56. The second-order valence-electron chi connectivity index (χ2n) is 8.29. The van der Waals surface area contributed by atoms with E-state index in [1.165, 1.54) is 0 Å². The van der Waals surface area contributed by atoms with Crippen molar-refractivity contribution in [2.24, 2.45) is 0 Å². The van der Waals surface area contributed by atoms with Crippen LogP contribution in [0.4, 0.5) is 0 Å². The monoisotopic (exact) mass is 318 g/mol. The number of carbonyl (C=O) groups excluding carboxylic acids is 1. The van der Waals surface area contributed by atoms with Crippen LogP contribution in [0.3, 0.4) is 0 Å². The maximum atomic E-state index is 11.8. The predicted octanol–water partition coefficient (Wildman–Crippen LogP) is 5.17. The Morgan fingerprint density at radius 3 is 1.78 bits per heavy atom. The van der Waals surface area contributed by atoms with E-state index < -0.39 is 12.1 Å². The summed E-state index contributed by atoms with van der Waals surface area (Å²) < 4.78 is 5.45. The van der Waals surface area contributed by atoms with E-state index in [0.717, 1.165) is 16.7 Å². The van der Waals surface area contributed by atoms with Crippen molar-refractivity contribution in [1.82, 2.24) is 0 Å². The summed E-state index contributed by atoms with van der Waals surface area (Å²) in [4.78, 5) is 11.8. The van der Waals surface area contributed by atoms with Gasteiger partial charge in [-0.2, -0.15) is 0 Å². The minimum atomic E-state index is -0.403. The molecule has 3 heteroatoms. The zero-order chi connectivity index (χ0) is 18.2. The van der Waals surface area contributed by atoms with Gasteiger partial charge in [0.2, 0.25) is 0 Å². The van der Waals surface area contributed by atoms with Crippen molar-refractivity contribution in [3.63, 3.8) is 0 Å². The first-order valence-corrected chi connectivity index (χ1v) is 7.99. The molecule has 1 rings (SSSR count). The average Bonchev–Trinajstić information content (AvgIpc) is 2.35. The zero-order valence-corrected chi connectivity index (χ0v) is 15.7. The summed E-state index contributed by atoms with van der Waals surface area (Å²) in [6, 6.07) is 3.86. The molecule has 3 nitrogen and oxygen atoms in total. The van der Waals surface area contributed by atoms with Crippen LogP contribution in [-0.4, -0.2) is 11.1 Å². The Morgan fingerprint density at radius 1 is 1.09 bits per heavy atom. The Bertz CT molecular complexity index is 578. The van der Waals surface area contributed by atoms with Gasteiger partial charge in [-0.15, -0.1) is 0 Å². The number of phenols is 1. The first kappa shape index (κ1) is 19.3. The number of hydrogen-bond acceptors (Lipinski definition) is 3. The SMILES string of the molecule is C=C(C)C(=O)OC(C)c1cc(C(C)(C)C)c(O)c(C(C)(C)C)c1. The number of ether oxygens (including phenoxy) is 1. The van der Waals surface area contributed by atoms with Crippen molar-refractivity contribution in [2.75, 3.05) is 0 Å². The quantitative estimate of drug-likeness (QED) is 0.618. The fourth-order valence-corrected chi connectivity index (χ4v) is 2.36. The minimum absolute atomic E-state index is 0.210. The molecule has 0 aliphatic carbocycles. The standard InChI is InChI=1S/C20H30O3/c1-12(2)18(22)23-13(3)14-10-15(19(4,5)6)17(21)16(11-14)20(7,8)9/h10-11,13,21H,1H2,2-9H3. The summed E-state index contributed by atoms with van der Waals surface area (Å²) >= 11 is 0. The molecule has 0 amide bonds. The van der Waals surface area contributed by atoms with Gasteiger partial charge < -0.3 is 9.84 Å². The average molecular weight is 318 g/mol. The summed E-state index contributed by atoms with van der Waals surface area (Å²) in [6.07, 6.45) is -0.401. The first-order valence-electron chi connectivity index (χ1n) is 7.99. The molecule has 0 heterocycles. The highest BCUT2D eigenvalue weighted by atomic mass is 16.5. The van der Waals surface area contributed by atoms with Gasteiger partial charge in [-0.05, 0) is 53.5 Å². The lowest BCUT2D eigenvalue weighted by atomic mass is 9.78. The molecule has 0 radical (unpaired) electrons. The van der Waals surface area contributed by atoms with Gasteiger partial charge in [0.25, 0.3) is 0 Å². The number of carbonyl (C=O) groups is 1. The van der Waals surface area contributed by atoms with Gasteiger partial charge >= 0.3 is 5.97 Å². The van der Waals surface area contributed by atoms with Crippen LogP contribution in [0.5, 0.6) is 5.75 Å². The van der Waals surface area contributed by atoms with Gasteiger partial charge in [-0.1, -0.05) is 48.1 Å². The van der Waals surface area contributed by atoms with Crippen LogP contribution in [0.15, 0.2) is 24.3 Å². The van der Waals surface area contributed by atoms with E-state index in [4.69, 9.17) is 4.74 Å². The molecule has 0 saturated carbocycles. The van der Waals surface area contributed by atoms with Crippen molar-refractivity contribution in [3.8, 4) is 5.75 Å². The minimum Gasteiger partial charge on any atom is -0.507 e. The molecule has 1 aromatic carbocycles. The molecule has 0 bridgehead atoms. The van der Waals surface area contributed by atoms with Crippen LogP contribution in [0.25, 0.3) is 0 Å². The maximum Gasteiger partial charge on any atom is 0.333 e. The highest BCUT2D eigenvalue weighted by molar-refractivity contribution is 5.87. The number of esters is 1. The molecule has 0 aliphatic rings. The third-order valence-corrected chi connectivity index (χ3v) is 3.85. The fraction of sp³-hybridized carbons (Fsp3) is 0.550. The van der Waals surface area contributed by atoms with E-state index >= 15 is 0 Å². The molecule has 1 N–H and O–H groups in total. The Hall–Kier alpha value is -1.77. The number of phenolic OH excluding ortho intramolecular Hbond substituents is 1. The smallest absolute Gasteiger partial charge is 0.333 e. The lowest BCUT2D eigenvalue weighted by molar-refractivity contribution is -0.143. The van der Waals surface area contributed by atoms with E-state index in [2.05, 4.69) is 48.1 Å². The van der Waals surface area contributed by atoms with Crippen LogP contribution in [0, 0.1) is 0 Å². The van der Waals surface area contributed by atoms with Gasteiger partial charge in [-0.3, -0.25) is 0 Å². The summed E-state index contributed by atoms with van der Waals surface area (Å²) in [5, 5.41) is 10.7. The molecular formula is C20H30O3. The Labute approximate surface area is 140 Å². The Morgan fingerprint density at radius 2 is 1.48 bits per heavy atom. The van der Waals surface area contributed by atoms with Gasteiger partial charge in [0.1, 0.15) is 11.9 Å². The number of aromatic hydroxyl groups is 1. The van der Waals surface area contributed by atoms with Crippen molar-refractivity contribution in [2.45, 2.75) is 72.3 Å². The van der Waals surface area contributed by atoms with Gasteiger partial charge in [-0.25, -0.2) is 4.79 Å². The van der Waals surface area contributed by atoms with E-state index in [1.54, 1.807) is 6.92 Å². The Balaban J connectivity index is 3.44. The largest absolute Gasteiger partial charge is 0.507 e. The van der Waals surface area contributed by atoms with Crippen LogP contribution in [0.1, 0.15) is 78.2 Å². The van der Waals surface area contributed by atoms with E-state index in [0.29, 0.717) is 11.3 Å². The molecule has 128 valence electrons. The summed E-state index contributed by atoms with van der Waals surface area (Å²) in [5.74, 6) is -0.0765. The van der Waals surface area contributed by atoms with Gasteiger partial charge in [0, 0.05) is 5.57 Å². The molecular weight excluding hydrogens is 288 g/mol. The zero-order valence-electron chi connectivity index (χ0n) is 15.7. The molecule has 1 aromatic rings. The van der Waals surface area contributed by atoms with Crippen LogP contribution < -0.4 is 0 Å². The van der Waals surface area contributed by atoms with Crippen molar-refractivity contribution >= 4 is 5.97 Å². The topological polar surface area (TPSA) is 46.5 Å². The Kier molecular flexibility index (Phi) is 5.35. The number of benzene rings is 1. The van der Waals surface area contributed by atoms with Crippen molar-refractivity contribution in [1.29, 1.82) is 0 Å². The van der Waals surface area contributed by atoms with Crippen molar-refractivity contribution in [3.05, 3.63) is 41.0 Å². The third-order valence-electron chi connectivity index (χ3n) is 3.85. The molecule has 1 atom stereocenters. The van der Waals surface area contributed by atoms with Crippen LogP contribution in [0.2, 0.25) is 0 Å². The lowest BCUT2D eigenvalue weighted by Gasteiger charge is -2.29. The fourth-order valence-electron chi connectivity index (χ4n) is 2.36. The summed E-state index contributed by atoms with van der Waals surface area (Å²) in [7, 11) is 0. The van der Waals surface area contributed by atoms with E-state index in [-0.39, 0.29) is 10.8 Å². The first-order chi connectivity index (χ1) is 10.2. The molecule has 1 unspecified atom stereocenters. The molecule has 0 fully saturated rings. The van der Waals surface area contributed by atoms with E-state index in [9.17, 15) is 9.90 Å². The van der Waals surface area contributed by atoms with Crippen LogP contribution in [-0.2, 0) is 20.4 Å². The molecule has 0 aliphatic heterocycles. The molecule has 23 heavy (non-hydrogen) atoms. The van der Waals surface area contributed by atoms with Crippen LogP contribution >= 0.6 is 0 Å². The maximum absolute atomic E-state index is 11.8. The van der Waals surface area contributed by atoms with Crippen molar-refractivity contribution < 1.29 is 14.6 Å². The highest BCUT2D eigenvalue weighted by Gasteiger charge is 2.28. The summed E-state index contributed by atoms with van der Waals surface area (Å²) in [6.45, 7) is 19.4. The second-order valence-corrected chi connectivity index (χ2v) is 8.29. The molecule has 0 aromatic heterocycles. The molecule has 0 spiro atoms. The number of hydrogen-bond donors (Lipinski definition) is 1. The highest BCUT2D eigenvalue weighted by Crippen LogP contribution is 2.41. The normalized spacial score (nSPS) is 13.6. The van der Waals surface area contributed by atoms with Gasteiger partial charge in [0.05, 0.1) is 0 Å². The second kappa shape index (κ2) is 6.38.